The van der Waals surface area contributed by atoms with Crippen molar-refractivity contribution in [2.24, 2.45) is 5.92 Å². The molecule has 0 aromatic heterocycles. The summed E-state index contributed by atoms with van der Waals surface area (Å²) >= 11 is 0. The van der Waals surface area contributed by atoms with Crippen LogP contribution in [-0.4, -0.2) is 35.3 Å². The van der Waals surface area contributed by atoms with E-state index < -0.39 is 0 Å². The predicted octanol–water partition coefficient (Wildman–Crippen LogP) is 2.68. The third-order valence-electron chi connectivity index (χ3n) is 3.91. The van der Waals surface area contributed by atoms with Crippen molar-refractivity contribution in [1.82, 2.24) is 4.90 Å². The van der Waals surface area contributed by atoms with Gasteiger partial charge in [-0.05, 0) is 39.8 Å². The molecule has 114 valence electrons. The first-order chi connectivity index (χ1) is 9.91. The number of anilines is 1. The van der Waals surface area contributed by atoms with Gasteiger partial charge in [-0.15, -0.1) is 0 Å². The van der Waals surface area contributed by atoms with Crippen LogP contribution in [0.4, 0.5) is 5.69 Å². The monoisotopic (exact) mass is 288 g/mol. The standard InChI is InChI=1S/C17H24N2O2/c1-12(2)19(13(3)4)17(21)14-10-16(20)18(11-14)15-8-6-5-7-9-15/h5-9,12-14H,10-11H2,1-4H3. The lowest BCUT2D eigenvalue weighted by molar-refractivity contribution is -0.139. The van der Waals surface area contributed by atoms with Crippen molar-refractivity contribution in [2.45, 2.75) is 46.2 Å². The van der Waals surface area contributed by atoms with Gasteiger partial charge in [0.05, 0.1) is 5.92 Å². The maximum Gasteiger partial charge on any atom is 0.228 e. The van der Waals surface area contributed by atoms with Crippen molar-refractivity contribution < 1.29 is 9.59 Å². The van der Waals surface area contributed by atoms with Gasteiger partial charge >= 0.3 is 0 Å². The molecular weight excluding hydrogens is 264 g/mol. The van der Waals surface area contributed by atoms with Gasteiger partial charge in [0, 0.05) is 30.7 Å². The number of para-hydroxylation sites is 1. The maximum atomic E-state index is 12.7. The summed E-state index contributed by atoms with van der Waals surface area (Å²) in [5.74, 6) is -0.110. The summed E-state index contributed by atoms with van der Waals surface area (Å²) in [5.41, 5.74) is 0.874. The first kappa shape index (κ1) is 15.5. The highest BCUT2D eigenvalue weighted by Gasteiger charge is 2.38. The van der Waals surface area contributed by atoms with Crippen LogP contribution >= 0.6 is 0 Å². The molecule has 2 amide bonds. The molecule has 0 saturated carbocycles. The van der Waals surface area contributed by atoms with Crippen LogP contribution in [0.3, 0.4) is 0 Å². The Labute approximate surface area is 126 Å². The summed E-state index contributed by atoms with van der Waals surface area (Å²) in [7, 11) is 0. The largest absolute Gasteiger partial charge is 0.338 e. The van der Waals surface area contributed by atoms with Gasteiger partial charge in [-0.25, -0.2) is 0 Å². The van der Waals surface area contributed by atoms with E-state index in [1.807, 2.05) is 62.9 Å². The Morgan fingerprint density at radius 1 is 1.14 bits per heavy atom. The van der Waals surface area contributed by atoms with Gasteiger partial charge in [-0.2, -0.15) is 0 Å². The van der Waals surface area contributed by atoms with Crippen molar-refractivity contribution >= 4 is 17.5 Å². The average Bonchev–Trinajstić information content (AvgIpc) is 2.81. The molecule has 21 heavy (non-hydrogen) atoms. The second kappa shape index (κ2) is 6.29. The molecule has 0 N–H and O–H groups in total. The normalized spacial score (nSPS) is 18.7. The fourth-order valence-corrected chi connectivity index (χ4v) is 3.05. The van der Waals surface area contributed by atoms with E-state index in [0.29, 0.717) is 13.0 Å². The fourth-order valence-electron chi connectivity index (χ4n) is 3.05. The van der Waals surface area contributed by atoms with Gasteiger partial charge in [-0.1, -0.05) is 18.2 Å². The van der Waals surface area contributed by atoms with Crippen LogP contribution in [0.1, 0.15) is 34.1 Å². The molecule has 1 saturated heterocycles. The van der Waals surface area contributed by atoms with E-state index in [-0.39, 0.29) is 29.8 Å². The SMILES string of the molecule is CC(C)N(C(=O)C1CC(=O)N(c2ccccc2)C1)C(C)C. The summed E-state index contributed by atoms with van der Waals surface area (Å²) in [5, 5.41) is 0. The minimum atomic E-state index is -0.234. The number of hydrogen-bond acceptors (Lipinski definition) is 2. The van der Waals surface area contributed by atoms with Crippen LogP contribution in [0.2, 0.25) is 0 Å². The van der Waals surface area contributed by atoms with E-state index in [2.05, 4.69) is 0 Å². The molecule has 0 radical (unpaired) electrons. The highest BCUT2D eigenvalue weighted by Crippen LogP contribution is 2.27. The van der Waals surface area contributed by atoms with E-state index in [1.165, 1.54) is 0 Å². The summed E-state index contributed by atoms with van der Waals surface area (Å²) in [6.07, 6.45) is 0.309. The number of carbonyl (C=O) groups is 2. The van der Waals surface area contributed by atoms with Crippen molar-refractivity contribution in [3.8, 4) is 0 Å². The second-order valence-electron chi connectivity index (χ2n) is 6.17. The summed E-state index contributed by atoms with van der Waals surface area (Å²) in [4.78, 5) is 28.5. The number of amides is 2. The molecule has 1 aliphatic rings. The lowest BCUT2D eigenvalue weighted by atomic mass is 10.0. The molecule has 1 heterocycles. The summed E-state index contributed by atoms with van der Waals surface area (Å²) in [6, 6.07) is 9.86. The zero-order valence-corrected chi connectivity index (χ0v) is 13.2. The smallest absolute Gasteiger partial charge is 0.228 e. The molecule has 1 aromatic rings. The van der Waals surface area contributed by atoms with E-state index in [0.717, 1.165) is 5.69 Å². The average molecular weight is 288 g/mol. The zero-order chi connectivity index (χ0) is 15.6. The van der Waals surface area contributed by atoms with Gasteiger partial charge in [0.1, 0.15) is 0 Å². The molecule has 0 aliphatic carbocycles. The first-order valence-electron chi connectivity index (χ1n) is 7.59. The van der Waals surface area contributed by atoms with E-state index >= 15 is 0 Å². The topological polar surface area (TPSA) is 40.6 Å². The minimum absolute atomic E-state index is 0.0343. The van der Waals surface area contributed by atoms with Gasteiger partial charge in [0.2, 0.25) is 11.8 Å². The van der Waals surface area contributed by atoms with Crippen molar-refractivity contribution in [1.29, 1.82) is 0 Å². The minimum Gasteiger partial charge on any atom is -0.338 e. The van der Waals surface area contributed by atoms with Crippen LogP contribution in [0.25, 0.3) is 0 Å². The second-order valence-corrected chi connectivity index (χ2v) is 6.17. The lowest BCUT2D eigenvalue weighted by Gasteiger charge is -2.32. The van der Waals surface area contributed by atoms with Crippen LogP contribution in [-0.2, 0) is 9.59 Å². The van der Waals surface area contributed by atoms with Gasteiger partial charge in [-0.3, -0.25) is 9.59 Å². The molecule has 2 rings (SSSR count). The van der Waals surface area contributed by atoms with Crippen LogP contribution in [0.5, 0.6) is 0 Å². The molecule has 0 spiro atoms. The van der Waals surface area contributed by atoms with E-state index in [9.17, 15) is 9.59 Å². The molecule has 0 bridgehead atoms. The lowest BCUT2D eigenvalue weighted by Crippen LogP contribution is -2.45. The quantitative estimate of drug-likeness (QED) is 0.854. The Morgan fingerprint density at radius 2 is 1.71 bits per heavy atom. The van der Waals surface area contributed by atoms with Crippen molar-refractivity contribution in [3.05, 3.63) is 30.3 Å². The Morgan fingerprint density at radius 3 is 2.24 bits per heavy atom. The Balaban J connectivity index is 2.14. The third kappa shape index (κ3) is 3.26. The van der Waals surface area contributed by atoms with Crippen LogP contribution < -0.4 is 4.90 Å². The Kier molecular flexibility index (Phi) is 4.66. The van der Waals surface area contributed by atoms with Crippen molar-refractivity contribution in [2.75, 3.05) is 11.4 Å². The molecule has 1 aromatic carbocycles. The fraction of sp³-hybridized carbons (Fsp3) is 0.529. The molecule has 4 heteroatoms. The predicted molar refractivity (Wildman–Crippen MR) is 84.0 cm³/mol. The van der Waals surface area contributed by atoms with Crippen LogP contribution in [0.15, 0.2) is 30.3 Å². The van der Waals surface area contributed by atoms with Crippen LogP contribution in [0, 0.1) is 5.92 Å². The molecule has 1 fully saturated rings. The maximum absolute atomic E-state index is 12.7. The van der Waals surface area contributed by atoms with Gasteiger partial charge in [0.25, 0.3) is 0 Å². The number of nitrogens with zero attached hydrogens (tertiary/aromatic N) is 2. The zero-order valence-electron chi connectivity index (χ0n) is 13.2. The van der Waals surface area contributed by atoms with Gasteiger partial charge < -0.3 is 9.80 Å². The van der Waals surface area contributed by atoms with Gasteiger partial charge in [0.15, 0.2) is 0 Å². The highest BCUT2D eigenvalue weighted by molar-refractivity contribution is 6.00. The number of carbonyl (C=O) groups excluding carboxylic acids is 2. The number of hydrogen-bond donors (Lipinski definition) is 0. The molecule has 1 unspecified atom stereocenters. The molecule has 1 atom stereocenters. The Hall–Kier alpha value is -1.84. The highest BCUT2D eigenvalue weighted by atomic mass is 16.2. The Bertz CT molecular complexity index is 503. The van der Waals surface area contributed by atoms with E-state index in [4.69, 9.17) is 0 Å². The molecule has 4 nitrogen and oxygen atoms in total. The van der Waals surface area contributed by atoms with Crippen molar-refractivity contribution in [3.63, 3.8) is 0 Å². The molecular formula is C17H24N2O2. The summed E-state index contributed by atoms with van der Waals surface area (Å²) < 4.78 is 0. The number of rotatable bonds is 4. The molecule has 1 aliphatic heterocycles. The number of benzene rings is 1. The first-order valence-corrected chi connectivity index (χ1v) is 7.59. The third-order valence-corrected chi connectivity index (χ3v) is 3.91. The van der Waals surface area contributed by atoms with E-state index in [1.54, 1.807) is 4.90 Å². The summed E-state index contributed by atoms with van der Waals surface area (Å²) in [6.45, 7) is 8.55.